The topological polar surface area (TPSA) is 21.3 Å². The third-order valence-corrected chi connectivity index (χ3v) is 3.40. The van der Waals surface area contributed by atoms with Crippen molar-refractivity contribution in [3.8, 4) is 0 Å². The first-order valence-corrected chi connectivity index (χ1v) is 6.81. The SMILES string of the molecule is CCCOCC(NC)c1cc(C(F)(F)F)ccc1Br. The van der Waals surface area contributed by atoms with Gasteiger partial charge in [0.15, 0.2) is 0 Å². The number of hydrogen-bond acceptors (Lipinski definition) is 2. The molecule has 1 aromatic rings. The summed E-state index contributed by atoms with van der Waals surface area (Å²) in [6.07, 6.45) is -3.46. The molecule has 1 N–H and O–H groups in total. The van der Waals surface area contributed by atoms with E-state index in [0.717, 1.165) is 18.6 Å². The molecule has 0 spiro atoms. The normalized spacial score (nSPS) is 13.6. The molecule has 0 aromatic heterocycles. The fourth-order valence-electron chi connectivity index (χ4n) is 1.66. The van der Waals surface area contributed by atoms with Crippen molar-refractivity contribution in [1.29, 1.82) is 0 Å². The minimum atomic E-state index is -4.34. The molecule has 1 unspecified atom stereocenters. The number of hydrogen-bond donors (Lipinski definition) is 1. The Kier molecular flexibility index (Phi) is 6.29. The molecule has 0 saturated carbocycles. The first-order valence-electron chi connectivity index (χ1n) is 6.01. The quantitative estimate of drug-likeness (QED) is 0.786. The Balaban J connectivity index is 2.95. The predicted octanol–water partition coefficient (Wildman–Crippen LogP) is 4.16. The van der Waals surface area contributed by atoms with Crippen molar-refractivity contribution >= 4 is 15.9 Å². The molecule has 1 aromatic carbocycles. The maximum atomic E-state index is 12.7. The molecule has 1 rings (SSSR count). The van der Waals surface area contributed by atoms with Gasteiger partial charge in [0, 0.05) is 11.1 Å². The number of benzene rings is 1. The maximum Gasteiger partial charge on any atom is 0.416 e. The third-order valence-electron chi connectivity index (χ3n) is 2.68. The standard InChI is InChI=1S/C13H17BrF3NO/c1-3-6-19-8-12(18-2)10-7-9(13(15,16)17)4-5-11(10)14/h4-5,7,12,18H,3,6,8H2,1-2H3. The van der Waals surface area contributed by atoms with Gasteiger partial charge in [0.25, 0.3) is 0 Å². The second-order valence-corrected chi connectivity index (χ2v) is 5.00. The average molecular weight is 340 g/mol. The third kappa shape index (κ3) is 4.78. The lowest BCUT2D eigenvalue weighted by atomic mass is 10.0. The molecule has 0 heterocycles. The summed E-state index contributed by atoms with van der Waals surface area (Å²) >= 11 is 3.28. The van der Waals surface area contributed by atoms with Crippen LogP contribution in [-0.4, -0.2) is 20.3 Å². The van der Waals surface area contributed by atoms with Crippen LogP contribution in [0.1, 0.15) is 30.5 Å². The van der Waals surface area contributed by atoms with E-state index in [-0.39, 0.29) is 6.04 Å². The highest BCUT2D eigenvalue weighted by atomic mass is 79.9. The van der Waals surface area contributed by atoms with Crippen LogP contribution in [0.4, 0.5) is 13.2 Å². The molecule has 0 aliphatic rings. The van der Waals surface area contributed by atoms with Crippen molar-refractivity contribution in [2.24, 2.45) is 0 Å². The van der Waals surface area contributed by atoms with Crippen molar-refractivity contribution in [3.05, 3.63) is 33.8 Å². The molecular formula is C13H17BrF3NO. The van der Waals surface area contributed by atoms with Crippen molar-refractivity contribution < 1.29 is 17.9 Å². The Labute approximate surface area is 119 Å². The van der Waals surface area contributed by atoms with Gasteiger partial charge in [-0.2, -0.15) is 13.2 Å². The lowest BCUT2D eigenvalue weighted by Gasteiger charge is -2.19. The van der Waals surface area contributed by atoms with E-state index < -0.39 is 11.7 Å². The zero-order valence-corrected chi connectivity index (χ0v) is 12.4. The Hall–Kier alpha value is -0.590. The van der Waals surface area contributed by atoms with Crippen LogP contribution in [-0.2, 0) is 10.9 Å². The molecule has 0 aliphatic carbocycles. The van der Waals surface area contributed by atoms with E-state index >= 15 is 0 Å². The molecule has 0 bridgehead atoms. The number of halogens is 4. The highest BCUT2D eigenvalue weighted by Crippen LogP contribution is 2.33. The Morgan fingerprint density at radius 1 is 1.37 bits per heavy atom. The Bertz CT molecular complexity index is 409. The number of rotatable bonds is 6. The highest BCUT2D eigenvalue weighted by molar-refractivity contribution is 9.10. The van der Waals surface area contributed by atoms with Crippen molar-refractivity contribution in [1.82, 2.24) is 5.32 Å². The van der Waals surface area contributed by atoms with Crippen LogP contribution in [0.2, 0.25) is 0 Å². The van der Waals surface area contributed by atoms with Gasteiger partial charge in [0.2, 0.25) is 0 Å². The minimum absolute atomic E-state index is 0.275. The molecule has 2 nitrogen and oxygen atoms in total. The van der Waals surface area contributed by atoms with E-state index in [1.807, 2.05) is 6.92 Å². The van der Waals surface area contributed by atoms with E-state index in [9.17, 15) is 13.2 Å². The summed E-state index contributed by atoms with van der Waals surface area (Å²) in [5.41, 5.74) is -0.102. The van der Waals surface area contributed by atoms with Crippen LogP contribution in [0, 0.1) is 0 Å². The van der Waals surface area contributed by atoms with Gasteiger partial charge in [0.1, 0.15) is 0 Å². The van der Waals surface area contributed by atoms with E-state index in [0.29, 0.717) is 23.2 Å². The van der Waals surface area contributed by atoms with Crippen LogP contribution in [0.3, 0.4) is 0 Å². The molecule has 0 radical (unpaired) electrons. The van der Waals surface area contributed by atoms with Crippen LogP contribution >= 0.6 is 15.9 Å². The number of alkyl halides is 3. The summed E-state index contributed by atoms with van der Waals surface area (Å²) in [6.45, 7) is 2.91. The van der Waals surface area contributed by atoms with Crippen LogP contribution in [0.15, 0.2) is 22.7 Å². The van der Waals surface area contributed by atoms with Gasteiger partial charge in [-0.05, 0) is 37.2 Å². The van der Waals surface area contributed by atoms with E-state index in [1.165, 1.54) is 6.07 Å². The molecule has 0 aliphatic heterocycles. The molecule has 6 heteroatoms. The van der Waals surface area contributed by atoms with Gasteiger partial charge in [-0.15, -0.1) is 0 Å². The summed E-state index contributed by atoms with van der Waals surface area (Å²) in [5.74, 6) is 0. The van der Waals surface area contributed by atoms with Gasteiger partial charge >= 0.3 is 6.18 Å². The van der Waals surface area contributed by atoms with Crippen molar-refractivity contribution in [2.75, 3.05) is 20.3 Å². The predicted molar refractivity (Wildman–Crippen MR) is 72.1 cm³/mol. The van der Waals surface area contributed by atoms with Crippen molar-refractivity contribution in [2.45, 2.75) is 25.6 Å². The van der Waals surface area contributed by atoms with E-state index in [1.54, 1.807) is 7.05 Å². The molecular weight excluding hydrogens is 323 g/mol. The maximum absolute atomic E-state index is 12.7. The van der Waals surface area contributed by atoms with Gasteiger partial charge in [-0.3, -0.25) is 0 Å². The van der Waals surface area contributed by atoms with E-state index in [4.69, 9.17) is 4.74 Å². The van der Waals surface area contributed by atoms with Crippen LogP contribution in [0.5, 0.6) is 0 Å². The molecule has 19 heavy (non-hydrogen) atoms. The first kappa shape index (κ1) is 16.5. The molecule has 1 atom stereocenters. The fourth-order valence-corrected chi connectivity index (χ4v) is 2.18. The van der Waals surface area contributed by atoms with Crippen molar-refractivity contribution in [3.63, 3.8) is 0 Å². The second kappa shape index (κ2) is 7.26. The summed E-state index contributed by atoms with van der Waals surface area (Å²) in [6, 6.07) is 3.36. The smallest absolute Gasteiger partial charge is 0.379 e. The monoisotopic (exact) mass is 339 g/mol. The zero-order valence-electron chi connectivity index (χ0n) is 10.9. The lowest BCUT2D eigenvalue weighted by molar-refractivity contribution is -0.137. The van der Waals surface area contributed by atoms with Crippen LogP contribution in [0.25, 0.3) is 0 Å². The Morgan fingerprint density at radius 2 is 2.05 bits per heavy atom. The summed E-state index contributed by atoms with van der Waals surface area (Å²) < 4.78 is 44.2. The number of ether oxygens (including phenoxy) is 1. The molecule has 0 saturated heterocycles. The van der Waals surface area contributed by atoms with Crippen LogP contribution < -0.4 is 5.32 Å². The highest BCUT2D eigenvalue weighted by Gasteiger charge is 2.31. The molecule has 0 amide bonds. The average Bonchev–Trinajstić information content (AvgIpc) is 2.34. The van der Waals surface area contributed by atoms with Gasteiger partial charge in [-0.25, -0.2) is 0 Å². The molecule has 0 fully saturated rings. The second-order valence-electron chi connectivity index (χ2n) is 4.15. The summed E-state index contributed by atoms with van der Waals surface area (Å²) in [7, 11) is 1.70. The van der Waals surface area contributed by atoms with E-state index in [2.05, 4.69) is 21.2 Å². The lowest BCUT2D eigenvalue weighted by Crippen LogP contribution is -2.23. The zero-order chi connectivity index (χ0) is 14.5. The number of nitrogens with one attached hydrogen (secondary N) is 1. The van der Waals surface area contributed by atoms with Gasteiger partial charge in [0.05, 0.1) is 18.2 Å². The molecule has 108 valence electrons. The first-order chi connectivity index (χ1) is 8.90. The Morgan fingerprint density at radius 3 is 2.58 bits per heavy atom. The fraction of sp³-hybridized carbons (Fsp3) is 0.538. The summed E-state index contributed by atoms with van der Waals surface area (Å²) in [5, 5.41) is 2.97. The largest absolute Gasteiger partial charge is 0.416 e. The van der Waals surface area contributed by atoms with Gasteiger partial charge in [-0.1, -0.05) is 22.9 Å². The minimum Gasteiger partial charge on any atom is -0.379 e. The summed E-state index contributed by atoms with van der Waals surface area (Å²) in [4.78, 5) is 0. The van der Waals surface area contributed by atoms with Gasteiger partial charge < -0.3 is 10.1 Å². The number of likely N-dealkylation sites (N-methyl/N-ethyl adjacent to an activating group) is 1.